The molecule has 0 heterocycles. The zero-order valence-electron chi connectivity index (χ0n) is 23.8. The number of carbonyl (C=O) groups excluding carboxylic acids is 3. The Hall–Kier alpha value is -2.42. The molecule has 43 heavy (non-hydrogen) atoms. The second kappa shape index (κ2) is 16.6. The van der Waals surface area contributed by atoms with Gasteiger partial charge in [-0.15, -0.1) is 0 Å². The van der Waals surface area contributed by atoms with Gasteiger partial charge >= 0.3 is 0 Å². The maximum atomic E-state index is 13.7. The second-order valence-electron chi connectivity index (χ2n) is 10.1. The Balaban J connectivity index is 2.05. The lowest BCUT2D eigenvalue weighted by molar-refractivity contribution is -0.139. The van der Waals surface area contributed by atoms with Gasteiger partial charge in [0.15, 0.2) is 11.5 Å². The molecular weight excluding hydrogens is 714 g/mol. The van der Waals surface area contributed by atoms with Gasteiger partial charge in [-0.3, -0.25) is 9.59 Å². The van der Waals surface area contributed by atoms with Crippen molar-refractivity contribution in [2.24, 2.45) is 0 Å². The molecule has 234 valence electrons. The number of nitrogens with one attached hydrogen (secondary N) is 1. The number of halogens is 3. The summed E-state index contributed by atoms with van der Waals surface area (Å²) in [5.74, 6) is -0.267. The first-order chi connectivity index (χ1) is 20.5. The summed E-state index contributed by atoms with van der Waals surface area (Å²) in [6.07, 6.45) is -0.342. The third-order valence-electron chi connectivity index (χ3n) is 6.94. The molecule has 3 rings (SSSR count). The van der Waals surface area contributed by atoms with Crippen LogP contribution in [0.25, 0.3) is 0 Å². The van der Waals surface area contributed by atoms with Gasteiger partial charge in [-0.2, -0.15) is 0 Å². The fourth-order valence-electron chi connectivity index (χ4n) is 4.75. The van der Waals surface area contributed by atoms with E-state index in [4.69, 9.17) is 32.7 Å². The quantitative estimate of drug-likeness (QED) is 0.214. The van der Waals surface area contributed by atoms with Crippen molar-refractivity contribution in [3.8, 4) is 11.5 Å². The van der Waals surface area contributed by atoms with E-state index in [0.717, 1.165) is 0 Å². The van der Waals surface area contributed by atoms with Gasteiger partial charge in [0.25, 0.3) is 0 Å². The minimum atomic E-state index is -1.30. The molecule has 0 aromatic heterocycles. The van der Waals surface area contributed by atoms with E-state index in [-0.39, 0.29) is 68.6 Å². The number of hydrogen-bond acceptors (Lipinski definition) is 8. The zero-order valence-corrected chi connectivity index (χ0v) is 27.5. The van der Waals surface area contributed by atoms with Gasteiger partial charge in [-0.25, -0.2) is 0 Å². The highest BCUT2D eigenvalue weighted by Crippen LogP contribution is 2.37. The minimum Gasteiger partial charge on any atom is -0.493 e. The molecule has 2 aromatic carbocycles. The SMILES string of the molecule is COc1cc(CO)cc(I)c1O[C@H]1C=C(C(=O)NCCO)C[C@@H](N(Cc2ccc(Cl)cc2Cl)C(=O)CCCC(C)=O)[C@@H]1O. The number of benzene rings is 2. The van der Waals surface area contributed by atoms with Crippen LogP contribution in [0.15, 0.2) is 42.0 Å². The number of aliphatic hydroxyl groups is 3. The number of carbonyl (C=O) groups is 3. The Morgan fingerprint density at radius 1 is 1.14 bits per heavy atom. The topological polar surface area (TPSA) is 146 Å². The van der Waals surface area contributed by atoms with Crippen LogP contribution >= 0.6 is 45.8 Å². The Morgan fingerprint density at radius 3 is 2.51 bits per heavy atom. The predicted octanol–water partition coefficient (Wildman–Crippen LogP) is 3.80. The molecule has 0 unspecified atom stereocenters. The zero-order chi connectivity index (χ0) is 31.7. The van der Waals surface area contributed by atoms with E-state index in [2.05, 4.69) is 5.32 Å². The van der Waals surface area contributed by atoms with Crippen molar-refractivity contribution in [2.75, 3.05) is 20.3 Å². The molecule has 3 atom stereocenters. The van der Waals surface area contributed by atoms with Crippen molar-refractivity contribution >= 4 is 63.4 Å². The van der Waals surface area contributed by atoms with Crippen LogP contribution in [0.2, 0.25) is 10.0 Å². The van der Waals surface area contributed by atoms with Crippen LogP contribution < -0.4 is 14.8 Å². The van der Waals surface area contributed by atoms with E-state index in [0.29, 0.717) is 36.9 Å². The number of rotatable bonds is 14. The van der Waals surface area contributed by atoms with Crippen molar-refractivity contribution in [2.45, 2.75) is 64.0 Å². The van der Waals surface area contributed by atoms with Gasteiger partial charge in [0, 0.05) is 48.0 Å². The summed E-state index contributed by atoms with van der Waals surface area (Å²) in [4.78, 5) is 39.8. The Bertz CT molecular complexity index is 1360. The lowest BCUT2D eigenvalue weighted by atomic mass is 9.87. The molecule has 0 fully saturated rings. The number of ether oxygens (including phenoxy) is 2. The van der Waals surface area contributed by atoms with Crippen LogP contribution in [-0.2, 0) is 27.5 Å². The average molecular weight is 749 g/mol. The minimum absolute atomic E-state index is 0.000938. The van der Waals surface area contributed by atoms with E-state index < -0.39 is 24.2 Å². The highest BCUT2D eigenvalue weighted by Gasteiger charge is 2.41. The highest BCUT2D eigenvalue weighted by atomic mass is 127. The molecule has 2 aromatic rings. The highest BCUT2D eigenvalue weighted by molar-refractivity contribution is 14.1. The molecule has 0 saturated heterocycles. The molecule has 0 aliphatic heterocycles. The summed E-state index contributed by atoms with van der Waals surface area (Å²) >= 11 is 14.6. The van der Waals surface area contributed by atoms with Gasteiger partial charge < -0.3 is 39.8 Å². The molecule has 0 spiro atoms. The van der Waals surface area contributed by atoms with Crippen LogP contribution in [0.1, 0.15) is 43.7 Å². The van der Waals surface area contributed by atoms with Gasteiger partial charge in [-0.05, 0) is 77.4 Å². The lowest BCUT2D eigenvalue weighted by Gasteiger charge is -2.41. The maximum Gasteiger partial charge on any atom is 0.247 e. The predicted molar refractivity (Wildman–Crippen MR) is 170 cm³/mol. The normalized spacial score (nSPS) is 18.0. The molecule has 2 amide bonds. The first-order valence-electron chi connectivity index (χ1n) is 13.6. The third kappa shape index (κ3) is 9.53. The smallest absolute Gasteiger partial charge is 0.247 e. The van der Waals surface area contributed by atoms with E-state index in [1.807, 2.05) is 22.6 Å². The van der Waals surface area contributed by atoms with Crippen molar-refractivity contribution < 1.29 is 39.2 Å². The maximum absolute atomic E-state index is 13.7. The number of Topliss-reactive ketones (excluding diaryl/α,β-unsaturated/α-hetero) is 1. The van der Waals surface area contributed by atoms with Crippen molar-refractivity contribution in [3.63, 3.8) is 0 Å². The van der Waals surface area contributed by atoms with Crippen LogP contribution in [0, 0.1) is 3.57 Å². The van der Waals surface area contributed by atoms with Crippen molar-refractivity contribution in [1.29, 1.82) is 0 Å². The number of methoxy groups -OCH3 is 1. The largest absolute Gasteiger partial charge is 0.493 e. The number of nitrogens with zero attached hydrogens (tertiary/aromatic N) is 1. The molecule has 10 nitrogen and oxygen atoms in total. The fraction of sp³-hybridized carbons (Fsp3) is 0.433. The number of ketones is 1. The van der Waals surface area contributed by atoms with Crippen LogP contribution in [0.3, 0.4) is 0 Å². The van der Waals surface area contributed by atoms with Crippen LogP contribution in [-0.4, -0.2) is 76.3 Å². The summed E-state index contributed by atoms with van der Waals surface area (Å²) < 4.78 is 12.4. The van der Waals surface area contributed by atoms with Crippen LogP contribution in [0.5, 0.6) is 11.5 Å². The average Bonchev–Trinajstić information content (AvgIpc) is 2.97. The summed E-state index contributed by atoms with van der Waals surface area (Å²) in [6, 6.07) is 7.26. The number of amides is 2. The van der Waals surface area contributed by atoms with Gasteiger partial charge in [0.2, 0.25) is 11.8 Å². The second-order valence-corrected chi connectivity index (χ2v) is 12.1. The monoisotopic (exact) mass is 748 g/mol. The van der Waals surface area contributed by atoms with Gasteiger partial charge in [0.1, 0.15) is 18.0 Å². The molecule has 0 bridgehead atoms. The van der Waals surface area contributed by atoms with E-state index in [1.54, 1.807) is 30.3 Å². The Kier molecular flexibility index (Phi) is 13.5. The van der Waals surface area contributed by atoms with E-state index >= 15 is 0 Å². The Labute approximate surface area is 274 Å². The summed E-state index contributed by atoms with van der Waals surface area (Å²) in [6.45, 7) is 0.975. The van der Waals surface area contributed by atoms with Crippen LogP contribution in [0.4, 0.5) is 0 Å². The number of aliphatic hydroxyl groups excluding tert-OH is 3. The van der Waals surface area contributed by atoms with Gasteiger partial charge in [0.05, 0.1) is 29.9 Å². The molecule has 1 aliphatic rings. The third-order valence-corrected chi connectivity index (χ3v) is 8.32. The summed E-state index contributed by atoms with van der Waals surface area (Å²) in [7, 11) is 1.44. The fourth-order valence-corrected chi connectivity index (χ4v) is 6.01. The van der Waals surface area contributed by atoms with Crippen molar-refractivity contribution in [3.05, 3.63) is 66.7 Å². The molecule has 0 radical (unpaired) electrons. The molecule has 1 aliphatic carbocycles. The molecular formula is C30H35Cl2IN2O8. The lowest BCUT2D eigenvalue weighted by Crippen LogP contribution is -2.54. The summed E-state index contributed by atoms with van der Waals surface area (Å²) in [5, 5.41) is 33.9. The Morgan fingerprint density at radius 2 is 1.88 bits per heavy atom. The first kappa shape index (κ1) is 35.1. The van der Waals surface area contributed by atoms with Crippen molar-refractivity contribution in [1.82, 2.24) is 10.2 Å². The molecule has 4 N–H and O–H groups in total. The van der Waals surface area contributed by atoms with E-state index in [1.165, 1.54) is 25.0 Å². The molecule has 0 saturated carbocycles. The summed E-state index contributed by atoms with van der Waals surface area (Å²) in [5.41, 5.74) is 1.42. The number of hydrogen-bond donors (Lipinski definition) is 4. The first-order valence-corrected chi connectivity index (χ1v) is 15.5. The van der Waals surface area contributed by atoms with Gasteiger partial charge in [-0.1, -0.05) is 29.3 Å². The standard InChI is InChI=1S/C30H35Cl2IN2O8/c1-17(38)4-3-5-27(39)35(15-19-6-7-21(31)14-22(19)32)24-12-20(30(41)34-8-9-36)13-25(28(24)40)43-29-23(33)10-18(16-37)11-26(29)42-2/h6-7,10-11,13-14,24-25,28,36-37,40H,3-5,8-9,12,15-16H2,1-2H3,(H,34,41)/t24-,25+,28+/m1/s1. The van der Waals surface area contributed by atoms with E-state index in [9.17, 15) is 29.7 Å². The molecule has 13 heteroatoms.